The second-order valence-corrected chi connectivity index (χ2v) is 7.11. The van der Waals surface area contributed by atoms with Gasteiger partial charge >= 0.3 is 0 Å². The number of carbonyl (C=O) groups is 1. The van der Waals surface area contributed by atoms with E-state index < -0.39 is 0 Å². The Morgan fingerprint density at radius 3 is 2.54 bits per heavy atom. The Hall–Kier alpha value is -2.18. The van der Waals surface area contributed by atoms with Gasteiger partial charge in [0.1, 0.15) is 5.82 Å². The van der Waals surface area contributed by atoms with Gasteiger partial charge in [0, 0.05) is 32.1 Å². The Balaban J connectivity index is 1.56. The van der Waals surface area contributed by atoms with Crippen LogP contribution < -0.4 is 5.32 Å². The monoisotopic (exact) mass is 328 g/mol. The Kier molecular flexibility index (Phi) is 3.86. The van der Waals surface area contributed by atoms with Crippen LogP contribution >= 0.6 is 0 Å². The number of anilines is 1. The number of aryl methyl sites for hydroxylation is 1. The Morgan fingerprint density at radius 2 is 1.83 bits per heavy atom. The summed E-state index contributed by atoms with van der Waals surface area (Å²) in [7, 11) is 3.78. The predicted octanol–water partition coefficient (Wildman–Crippen LogP) is 2.73. The average Bonchev–Trinajstić information content (AvgIpc) is 3.26. The van der Waals surface area contributed by atoms with Crippen molar-refractivity contribution in [3.63, 3.8) is 0 Å². The number of carbonyl (C=O) groups excluding carboxylic acids is 1. The molecule has 0 radical (unpaired) electrons. The normalized spacial score (nSPS) is 18.8. The molecule has 1 amide bonds. The minimum absolute atomic E-state index is 0.137. The zero-order valence-corrected chi connectivity index (χ0v) is 14.3. The maximum atomic E-state index is 12.8. The first-order valence-electron chi connectivity index (χ1n) is 8.87. The fourth-order valence-corrected chi connectivity index (χ4v) is 3.67. The van der Waals surface area contributed by atoms with Crippen molar-refractivity contribution in [3.8, 4) is 0 Å². The van der Waals surface area contributed by atoms with Crippen LogP contribution in [0.4, 0.5) is 5.95 Å². The lowest BCUT2D eigenvalue weighted by Crippen LogP contribution is -2.18. The fourth-order valence-electron chi connectivity index (χ4n) is 3.67. The smallest absolute Gasteiger partial charge is 0.261 e. The van der Waals surface area contributed by atoms with Gasteiger partial charge in [-0.1, -0.05) is 19.3 Å². The van der Waals surface area contributed by atoms with Crippen LogP contribution in [0.1, 0.15) is 78.7 Å². The van der Waals surface area contributed by atoms with Crippen LogP contribution in [-0.2, 0) is 14.1 Å². The molecule has 7 nitrogen and oxygen atoms in total. The van der Waals surface area contributed by atoms with Crippen molar-refractivity contribution in [2.24, 2.45) is 14.1 Å². The number of nitrogens with one attached hydrogen (secondary N) is 1. The predicted molar refractivity (Wildman–Crippen MR) is 90.0 cm³/mol. The third kappa shape index (κ3) is 2.83. The van der Waals surface area contributed by atoms with Crippen molar-refractivity contribution in [1.82, 2.24) is 24.5 Å². The van der Waals surface area contributed by atoms with Crippen molar-refractivity contribution in [2.75, 3.05) is 5.32 Å². The molecule has 2 fully saturated rings. The molecular weight excluding hydrogens is 304 g/mol. The summed E-state index contributed by atoms with van der Waals surface area (Å²) in [6.07, 6.45) is 10.1. The highest BCUT2D eigenvalue weighted by atomic mass is 16.1. The van der Waals surface area contributed by atoms with E-state index >= 15 is 0 Å². The molecule has 2 aliphatic carbocycles. The van der Waals surface area contributed by atoms with Gasteiger partial charge in [-0.05, 0) is 25.7 Å². The summed E-state index contributed by atoms with van der Waals surface area (Å²) in [6, 6.07) is 0. The number of hydrogen-bond donors (Lipinski definition) is 1. The molecular formula is C17H24N6O. The quantitative estimate of drug-likeness (QED) is 0.936. The van der Waals surface area contributed by atoms with Crippen LogP contribution in [-0.4, -0.2) is 30.5 Å². The van der Waals surface area contributed by atoms with Gasteiger partial charge in [0.05, 0.1) is 11.3 Å². The van der Waals surface area contributed by atoms with Gasteiger partial charge in [-0.15, -0.1) is 10.2 Å². The van der Waals surface area contributed by atoms with Gasteiger partial charge in [-0.25, -0.2) is 0 Å². The maximum Gasteiger partial charge on any atom is 0.261 e. The van der Waals surface area contributed by atoms with Crippen molar-refractivity contribution < 1.29 is 4.79 Å². The summed E-state index contributed by atoms with van der Waals surface area (Å²) in [6.45, 7) is 0. The molecule has 2 aromatic rings. The molecule has 2 heterocycles. The Labute approximate surface area is 141 Å². The zero-order chi connectivity index (χ0) is 16.7. The van der Waals surface area contributed by atoms with Crippen LogP contribution in [0.5, 0.6) is 0 Å². The van der Waals surface area contributed by atoms with Crippen LogP contribution in [0.3, 0.4) is 0 Å². The molecule has 2 saturated carbocycles. The van der Waals surface area contributed by atoms with Gasteiger partial charge in [0.2, 0.25) is 5.95 Å². The topological polar surface area (TPSA) is 77.6 Å². The minimum atomic E-state index is -0.137. The summed E-state index contributed by atoms with van der Waals surface area (Å²) >= 11 is 0. The van der Waals surface area contributed by atoms with E-state index in [1.165, 1.54) is 19.3 Å². The number of hydrogen-bond acceptors (Lipinski definition) is 4. The SMILES string of the molecule is Cn1cc(C(=O)Nc2nnc(C3CC3)n2C)c(C2CCCCC2)n1. The summed E-state index contributed by atoms with van der Waals surface area (Å²) in [5, 5.41) is 15.9. The summed E-state index contributed by atoms with van der Waals surface area (Å²) < 4.78 is 3.64. The molecule has 0 aromatic carbocycles. The molecule has 4 rings (SSSR count). The van der Waals surface area contributed by atoms with E-state index in [9.17, 15) is 4.79 Å². The number of nitrogens with zero attached hydrogens (tertiary/aromatic N) is 5. The average molecular weight is 328 g/mol. The van der Waals surface area contributed by atoms with E-state index in [0.29, 0.717) is 23.3 Å². The van der Waals surface area contributed by atoms with Crippen molar-refractivity contribution in [1.29, 1.82) is 0 Å². The third-order valence-electron chi connectivity index (χ3n) is 5.17. The third-order valence-corrected chi connectivity index (χ3v) is 5.17. The summed E-state index contributed by atoms with van der Waals surface area (Å²) in [4.78, 5) is 12.8. The second-order valence-electron chi connectivity index (χ2n) is 7.11. The van der Waals surface area contributed by atoms with Gasteiger partial charge in [-0.2, -0.15) is 5.10 Å². The molecule has 0 atom stereocenters. The van der Waals surface area contributed by atoms with Gasteiger partial charge in [0.25, 0.3) is 5.91 Å². The van der Waals surface area contributed by atoms with E-state index in [4.69, 9.17) is 0 Å². The van der Waals surface area contributed by atoms with Gasteiger partial charge in [0.15, 0.2) is 0 Å². The zero-order valence-electron chi connectivity index (χ0n) is 14.3. The largest absolute Gasteiger partial charge is 0.300 e. The van der Waals surface area contributed by atoms with E-state index in [0.717, 1.165) is 37.2 Å². The lowest BCUT2D eigenvalue weighted by Gasteiger charge is -2.20. The van der Waals surface area contributed by atoms with Crippen LogP contribution in [0, 0.1) is 0 Å². The van der Waals surface area contributed by atoms with E-state index in [-0.39, 0.29) is 5.91 Å². The number of amides is 1. The fraction of sp³-hybridized carbons (Fsp3) is 0.647. The molecule has 0 saturated heterocycles. The molecule has 24 heavy (non-hydrogen) atoms. The Bertz CT molecular complexity index is 751. The molecule has 128 valence electrons. The van der Waals surface area contributed by atoms with E-state index in [1.807, 2.05) is 24.9 Å². The minimum Gasteiger partial charge on any atom is -0.300 e. The summed E-state index contributed by atoms with van der Waals surface area (Å²) in [5.74, 6) is 2.23. The van der Waals surface area contributed by atoms with Crippen molar-refractivity contribution >= 4 is 11.9 Å². The highest BCUT2D eigenvalue weighted by molar-refractivity contribution is 6.04. The Morgan fingerprint density at radius 1 is 1.08 bits per heavy atom. The second kappa shape index (κ2) is 6.03. The standard InChI is InChI=1S/C17H24N6O/c1-22-10-13(14(21-22)11-6-4-3-5-7-11)16(24)18-17-20-19-15(23(17)2)12-8-9-12/h10-12H,3-9H2,1-2H3,(H,18,20,24). The molecule has 2 aromatic heterocycles. The van der Waals surface area contributed by atoms with Crippen molar-refractivity contribution in [2.45, 2.75) is 56.8 Å². The molecule has 7 heteroatoms. The highest BCUT2D eigenvalue weighted by Crippen LogP contribution is 2.39. The molecule has 0 aliphatic heterocycles. The lowest BCUT2D eigenvalue weighted by molar-refractivity contribution is 0.102. The van der Waals surface area contributed by atoms with Crippen molar-refractivity contribution in [3.05, 3.63) is 23.3 Å². The van der Waals surface area contributed by atoms with Crippen LogP contribution in [0.2, 0.25) is 0 Å². The van der Waals surface area contributed by atoms with Gasteiger partial charge in [-0.3, -0.25) is 19.4 Å². The van der Waals surface area contributed by atoms with Crippen LogP contribution in [0.15, 0.2) is 6.20 Å². The molecule has 2 aliphatic rings. The lowest BCUT2D eigenvalue weighted by atomic mass is 9.85. The van der Waals surface area contributed by atoms with E-state index in [2.05, 4.69) is 20.6 Å². The molecule has 0 unspecified atom stereocenters. The first-order valence-corrected chi connectivity index (χ1v) is 8.87. The molecule has 1 N–H and O–H groups in total. The molecule has 0 spiro atoms. The number of rotatable bonds is 4. The summed E-state index contributed by atoms with van der Waals surface area (Å²) in [5.41, 5.74) is 1.60. The highest BCUT2D eigenvalue weighted by Gasteiger charge is 2.30. The number of aromatic nitrogens is 5. The van der Waals surface area contributed by atoms with E-state index in [1.54, 1.807) is 4.68 Å². The first kappa shape index (κ1) is 15.4. The maximum absolute atomic E-state index is 12.8. The first-order chi connectivity index (χ1) is 11.6. The molecule has 0 bridgehead atoms. The van der Waals surface area contributed by atoms with Gasteiger partial charge < -0.3 is 0 Å². The van der Waals surface area contributed by atoms with Crippen LogP contribution in [0.25, 0.3) is 0 Å².